The molecule has 1 aliphatic heterocycles. The molecule has 0 saturated carbocycles. The van der Waals surface area contributed by atoms with E-state index in [1.54, 1.807) is 0 Å². The zero-order chi connectivity index (χ0) is 20.1. The van der Waals surface area contributed by atoms with Crippen molar-refractivity contribution < 1.29 is 13.9 Å². The lowest BCUT2D eigenvalue weighted by atomic mass is 10.1. The number of ether oxygens (including phenoxy) is 1. The molecule has 0 unspecified atom stereocenters. The van der Waals surface area contributed by atoms with E-state index in [9.17, 15) is 9.18 Å². The SMILES string of the molecule is CCc1cccc(OCC(=O)N2C[C@@H](C)N(Cc3ccc(F)cc3)C[C@@H]2C)c1. The van der Waals surface area contributed by atoms with E-state index >= 15 is 0 Å². The van der Waals surface area contributed by atoms with Crippen LogP contribution in [0.3, 0.4) is 0 Å². The monoisotopic (exact) mass is 384 g/mol. The molecule has 0 bridgehead atoms. The minimum Gasteiger partial charge on any atom is -0.484 e. The quantitative estimate of drug-likeness (QED) is 0.758. The first kappa shape index (κ1) is 20.3. The standard InChI is InChI=1S/C23H29FN2O2/c1-4-19-6-5-7-22(12-19)28-16-23(27)26-14-17(2)25(13-18(26)3)15-20-8-10-21(24)11-9-20/h5-12,17-18H,4,13-16H2,1-3H3/t17-,18+/m1/s1. The Balaban J connectivity index is 1.55. The molecule has 0 spiro atoms. The first-order chi connectivity index (χ1) is 13.5. The van der Waals surface area contributed by atoms with Gasteiger partial charge in [0, 0.05) is 31.7 Å². The van der Waals surface area contributed by atoms with Crippen LogP contribution in [0.2, 0.25) is 0 Å². The highest BCUT2D eigenvalue weighted by atomic mass is 19.1. The van der Waals surface area contributed by atoms with Crippen LogP contribution in [-0.2, 0) is 17.8 Å². The molecular formula is C23H29FN2O2. The fourth-order valence-corrected chi connectivity index (χ4v) is 3.67. The van der Waals surface area contributed by atoms with E-state index in [-0.39, 0.29) is 30.4 Å². The summed E-state index contributed by atoms with van der Waals surface area (Å²) in [5, 5.41) is 0. The lowest BCUT2D eigenvalue weighted by molar-refractivity contribution is -0.139. The number of nitrogens with zero attached hydrogens (tertiary/aromatic N) is 2. The Labute approximate surface area is 166 Å². The number of hydrogen-bond acceptors (Lipinski definition) is 3. The predicted molar refractivity (Wildman–Crippen MR) is 109 cm³/mol. The summed E-state index contributed by atoms with van der Waals surface area (Å²) in [4.78, 5) is 17.0. The van der Waals surface area contributed by atoms with Crippen LogP contribution in [0.1, 0.15) is 31.9 Å². The maximum atomic E-state index is 13.1. The number of carbonyl (C=O) groups excluding carboxylic acids is 1. The number of hydrogen-bond donors (Lipinski definition) is 0. The van der Waals surface area contributed by atoms with Crippen molar-refractivity contribution >= 4 is 5.91 Å². The summed E-state index contributed by atoms with van der Waals surface area (Å²) in [5.41, 5.74) is 2.28. The lowest BCUT2D eigenvalue weighted by Crippen LogP contribution is -2.58. The molecule has 2 aromatic carbocycles. The van der Waals surface area contributed by atoms with E-state index in [0.29, 0.717) is 6.54 Å². The summed E-state index contributed by atoms with van der Waals surface area (Å²) in [5.74, 6) is 0.538. The second-order valence-electron chi connectivity index (χ2n) is 7.59. The van der Waals surface area contributed by atoms with Gasteiger partial charge in [-0.05, 0) is 55.7 Å². The molecule has 2 aromatic rings. The van der Waals surface area contributed by atoms with Gasteiger partial charge >= 0.3 is 0 Å². The van der Waals surface area contributed by atoms with Crippen LogP contribution in [0.25, 0.3) is 0 Å². The largest absolute Gasteiger partial charge is 0.484 e. The van der Waals surface area contributed by atoms with Crippen LogP contribution in [0.15, 0.2) is 48.5 Å². The third-order valence-corrected chi connectivity index (χ3v) is 5.40. The fraction of sp³-hybridized carbons (Fsp3) is 0.435. The third-order valence-electron chi connectivity index (χ3n) is 5.40. The maximum absolute atomic E-state index is 13.1. The molecule has 5 heteroatoms. The number of benzene rings is 2. The molecule has 1 fully saturated rings. The summed E-state index contributed by atoms with van der Waals surface area (Å²) < 4.78 is 18.9. The highest BCUT2D eigenvalue weighted by molar-refractivity contribution is 5.78. The Morgan fingerprint density at radius 3 is 2.54 bits per heavy atom. The number of halogens is 1. The molecular weight excluding hydrogens is 355 g/mol. The van der Waals surface area contributed by atoms with Gasteiger partial charge in [-0.15, -0.1) is 0 Å². The van der Waals surface area contributed by atoms with Crippen molar-refractivity contribution in [1.29, 1.82) is 0 Å². The molecule has 0 N–H and O–H groups in total. The summed E-state index contributed by atoms with van der Waals surface area (Å²) >= 11 is 0. The normalized spacial score (nSPS) is 20.2. The van der Waals surface area contributed by atoms with Gasteiger partial charge in [-0.25, -0.2) is 4.39 Å². The molecule has 28 heavy (non-hydrogen) atoms. The number of amides is 1. The van der Waals surface area contributed by atoms with Crippen LogP contribution >= 0.6 is 0 Å². The molecule has 1 amide bonds. The first-order valence-electron chi connectivity index (χ1n) is 9.96. The molecule has 0 aliphatic carbocycles. The number of carbonyl (C=O) groups is 1. The Hall–Kier alpha value is -2.40. The fourth-order valence-electron chi connectivity index (χ4n) is 3.67. The van der Waals surface area contributed by atoms with Crippen molar-refractivity contribution in [1.82, 2.24) is 9.80 Å². The third kappa shape index (κ3) is 5.10. The second kappa shape index (κ2) is 9.20. The van der Waals surface area contributed by atoms with Crippen LogP contribution in [-0.4, -0.2) is 47.5 Å². The molecule has 0 aromatic heterocycles. The van der Waals surface area contributed by atoms with E-state index in [1.165, 1.54) is 17.7 Å². The van der Waals surface area contributed by atoms with Gasteiger partial charge in [0.2, 0.25) is 0 Å². The van der Waals surface area contributed by atoms with E-state index in [4.69, 9.17) is 4.74 Å². The molecule has 150 valence electrons. The van der Waals surface area contributed by atoms with E-state index < -0.39 is 0 Å². The molecule has 1 heterocycles. The van der Waals surface area contributed by atoms with Crippen molar-refractivity contribution in [3.63, 3.8) is 0 Å². The van der Waals surface area contributed by atoms with Crippen molar-refractivity contribution in [3.8, 4) is 5.75 Å². The Morgan fingerprint density at radius 1 is 1.07 bits per heavy atom. The van der Waals surface area contributed by atoms with E-state index in [1.807, 2.05) is 35.2 Å². The van der Waals surface area contributed by atoms with E-state index in [2.05, 4.69) is 31.7 Å². The zero-order valence-electron chi connectivity index (χ0n) is 16.9. The van der Waals surface area contributed by atoms with Gasteiger partial charge < -0.3 is 9.64 Å². The summed E-state index contributed by atoms with van der Waals surface area (Å²) in [6, 6.07) is 14.9. The lowest BCUT2D eigenvalue weighted by Gasteiger charge is -2.44. The Morgan fingerprint density at radius 2 is 1.82 bits per heavy atom. The molecule has 2 atom stereocenters. The Kier molecular flexibility index (Phi) is 6.68. The van der Waals surface area contributed by atoms with Crippen LogP contribution in [0.5, 0.6) is 5.75 Å². The van der Waals surface area contributed by atoms with Gasteiger partial charge in [0.25, 0.3) is 5.91 Å². The summed E-state index contributed by atoms with van der Waals surface area (Å²) in [7, 11) is 0. The molecule has 3 rings (SSSR count). The van der Waals surface area contributed by atoms with Gasteiger partial charge in [-0.3, -0.25) is 9.69 Å². The average Bonchev–Trinajstić information content (AvgIpc) is 2.70. The maximum Gasteiger partial charge on any atom is 0.260 e. The van der Waals surface area contributed by atoms with Gasteiger partial charge in [0.1, 0.15) is 11.6 Å². The van der Waals surface area contributed by atoms with Gasteiger partial charge in [-0.1, -0.05) is 31.2 Å². The van der Waals surface area contributed by atoms with Gasteiger partial charge in [-0.2, -0.15) is 0 Å². The minimum absolute atomic E-state index is 0.0164. The topological polar surface area (TPSA) is 32.8 Å². The van der Waals surface area contributed by atoms with Gasteiger partial charge in [0.05, 0.1) is 0 Å². The number of aryl methyl sites for hydroxylation is 1. The van der Waals surface area contributed by atoms with E-state index in [0.717, 1.165) is 30.8 Å². The highest BCUT2D eigenvalue weighted by Gasteiger charge is 2.32. The summed E-state index contributed by atoms with van der Waals surface area (Å²) in [6.45, 7) is 8.56. The predicted octanol–water partition coefficient (Wildman–Crippen LogP) is 3.89. The minimum atomic E-state index is -0.218. The van der Waals surface area contributed by atoms with Crippen molar-refractivity contribution in [2.24, 2.45) is 0 Å². The second-order valence-corrected chi connectivity index (χ2v) is 7.59. The van der Waals surface area contributed by atoms with Gasteiger partial charge in [0.15, 0.2) is 6.61 Å². The molecule has 0 radical (unpaired) electrons. The van der Waals surface area contributed by atoms with Crippen LogP contribution < -0.4 is 4.74 Å². The zero-order valence-corrected chi connectivity index (χ0v) is 16.9. The molecule has 4 nitrogen and oxygen atoms in total. The molecule has 1 aliphatic rings. The first-order valence-corrected chi connectivity index (χ1v) is 9.96. The van der Waals surface area contributed by atoms with Crippen LogP contribution in [0.4, 0.5) is 4.39 Å². The summed E-state index contributed by atoms with van der Waals surface area (Å²) in [6.07, 6.45) is 0.940. The van der Waals surface area contributed by atoms with Crippen LogP contribution in [0, 0.1) is 5.82 Å². The Bertz CT molecular complexity index is 793. The van der Waals surface area contributed by atoms with Crippen molar-refractivity contribution in [2.75, 3.05) is 19.7 Å². The van der Waals surface area contributed by atoms with Crippen molar-refractivity contribution in [3.05, 3.63) is 65.5 Å². The number of piperazine rings is 1. The van der Waals surface area contributed by atoms with Crippen molar-refractivity contribution in [2.45, 2.75) is 45.8 Å². The molecule has 1 saturated heterocycles. The highest BCUT2D eigenvalue weighted by Crippen LogP contribution is 2.19. The average molecular weight is 384 g/mol. The smallest absolute Gasteiger partial charge is 0.260 e. The number of rotatable bonds is 6.